The Labute approximate surface area is 213 Å². The van der Waals surface area contributed by atoms with Crippen LogP contribution in [0.15, 0.2) is 77.6 Å². The zero-order chi connectivity index (χ0) is 25.9. The summed E-state index contributed by atoms with van der Waals surface area (Å²) in [6.45, 7) is 6.05. The molecule has 37 heavy (non-hydrogen) atoms. The van der Waals surface area contributed by atoms with Gasteiger partial charge in [-0.15, -0.1) is 0 Å². The first-order valence-corrected chi connectivity index (χ1v) is 11.8. The first-order valence-electron chi connectivity index (χ1n) is 11.8. The molecule has 2 amide bonds. The summed E-state index contributed by atoms with van der Waals surface area (Å²) < 4.78 is 5.12. The van der Waals surface area contributed by atoms with Crippen molar-refractivity contribution in [2.75, 3.05) is 5.32 Å². The Morgan fingerprint density at radius 1 is 0.946 bits per heavy atom. The number of aryl methyl sites for hydroxylation is 3. The number of nitrogens with one attached hydrogen (secondary N) is 2. The Morgan fingerprint density at radius 3 is 2.46 bits per heavy atom. The van der Waals surface area contributed by atoms with E-state index in [4.69, 9.17) is 9.51 Å². The Bertz CT molecular complexity index is 1610. The molecule has 184 valence electrons. The molecular weight excluding hydrogens is 466 g/mol. The van der Waals surface area contributed by atoms with Crippen LogP contribution in [0.25, 0.3) is 22.2 Å². The van der Waals surface area contributed by atoms with Crippen LogP contribution in [-0.4, -0.2) is 26.9 Å². The lowest BCUT2D eigenvalue weighted by atomic mass is 9.99. The number of anilines is 1. The van der Waals surface area contributed by atoms with Gasteiger partial charge < -0.3 is 15.2 Å². The predicted molar refractivity (Wildman–Crippen MR) is 141 cm³/mol. The summed E-state index contributed by atoms with van der Waals surface area (Å²) in [6.07, 6.45) is 3.43. The summed E-state index contributed by atoms with van der Waals surface area (Å²) in [6, 6.07) is 18.1. The lowest BCUT2D eigenvalue weighted by Gasteiger charge is -2.13. The second kappa shape index (κ2) is 10.0. The van der Waals surface area contributed by atoms with Gasteiger partial charge in [0.1, 0.15) is 0 Å². The Kier molecular flexibility index (Phi) is 6.47. The van der Waals surface area contributed by atoms with Crippen molar-refractivity contribution in [2.24, 2.45) is 0 Å². The van der Waals surface area contributed by atoms with E-state index in [1.54, 1.807) is 48.8 Å². The molecule has 3 heterocycles. The number of carbonyl (C=O) groups excluding carboxylic acids is 2. The molecule has 5 rings (SSSR count). The van der Waals surface area contributed by atoms with Gasteiger partial charge in [0.25, 0.3) is 11.8 Å². The van der Waals surface area contributed by atoms with Crippen molar-refractivity contribution in [2.45, 2.75) is 27.3 Å². The van der Waals surface area contributed by atoms with Crippen molar-refractivity contribution in [3.63, 3.8) is 0 Å². The summed E-state index contributed by atoms with van der Waals surface area (Å²) in [5, 5.41) is 10.3. The second-order valence-electron chi connectivity index (χ2n) is 8.92. The Balaban J connectivity index is 1.39. The van der Waals surface area contributed by atoms with Crippen LogP contribution in [0.2, 0.25) is 0 Å². The van der Waals surface area contributed by atoms with E-state index in [2.05, 4.69) is 26.8 Å². The Hall–Kier alpha value is -4.85. The van der Waals surface area contributed by atoms with Crippen molar-refractivity contribution in [1.29, 1.82) is 0 Å². The van der Waals surface area contributed by atoms with E-state index in [1.807, 2.05) is 39.0 Å². The molecule has 2 aromatic carbocycles. The van der Waals surface area contributed by atoms with Gasteiger partial charge in [-0.3, -0.25) is 14.6 Å². The predicted octanol–water partition coefficient (Wildman–Crippen LogP) is 5.39. The normalized spacial score (nSPS) is 10.9. The minimum absolute atomic E-state index is 0.241. The van der Waals surface area contributed by atoms with E-state index >= 15 is 0 Å². The molecule has 5 aromatic rings. The molecule has 0 aliphatic carbocycles. The van der Waals surface area contributed by atoms with Gasteiger partial charge in [0, 0.05) is 40.7 Å². The molecule has 2 N–H and O–H groups in total. The number of fused-ring (bicyclic) bond motifs is 1. The van der Waals surface area contributed by atoms with Crippen LogP contribution >= 0.6 is 0 Å². The first-order chi connectivity index (χ1) is 17.9. The number of hydrogen-bond donors (Lipinski definition) is 2. The van der Waals surface area contributed by atoms with Crippen LogP contribution in [0, 0.1) is 20.8 Å². The average Bonchev–Trinajstić information content (AvgIpc) is 3.32. The van der Waals surface area contributed by atoms with E-state index in [0.29, 0.717) is 28.3 Å². The van der Waals surface area contributed by atoms with Gasteiger partial charge in [-0.2, -0.15) is 0 Å². The molecule has 8 heteroatoms. The maximum Gasteiger partial charge on any atom is 0.256 e. The van der Waals surface area contributed by atoms with E-state index in [9.17, 15) is 9.59 Å². The molecule has 0 spiro atoms. The van der Waals surface area contributed by atoms with E-state index < -0.39 is 0 Å². The molecule has 0 aliphatic rings. The summed E-state index contributed by atoms with van der Waals surface area (Å²) in [5.74, 6) is 0.0648. The highest BCUT2D eigenvalue weighted by molar-refractivity contribution is 6.13. The SMILES string of the molecule is Cc1cc(C)c2nc(-c3cccnc3)cc(C(=O)Nc3ccc(C(=O)NCc4cc(C)no4)cc3)c2c1. The second-order valence-corrected chi connectivity index (χ2v) is 8.92. The topological polar surface area (TPSA) is 110 Å². The summed E-state index contributed by atoms with van der Waals surface area (Å²) in [5.41, 5.74) is 6.62. The number of amides is 2. The molecule has 0 saturated carbocycles. The third-order valence-electron chi connectivity index (χ3n) is 5.96. The maximum absolute atomic E-state index is 13.5. The number of pyridine rings is 2. The largest absolute Gasteiger partial charge is 0.359 e. The number of nitrogens with zero attached hydrogens (tertiary/aromatic N) is 3. The van der Waals surface area contributed by atoms with Crippen molar-refractivity contribution in [3.8, 4) is 11.3 Å². The lowest BCUT2D eigenvalue weighted by molar-refractivity contribution is 0.0946. The van der Waals surface area contributed by atoms with Gasteiger partial charge in [0.2, 0.25) is 0 Å². The smallest absolute Gasteiger partial charge is 0.256 e. The molecular formula is C29H25N5O3. The molecule has 8 nitrogen and oxygen atoms in total. The third-order valence-corrected chi connectivity index (χ3v) is 5.96. The van der Waals surface area contributed by atoms with E-state index in [0.717, 1.165) is 33.3 Å². The standard InChI is InChI=1S/C29H25N5O3/c1-17-11-18(2)27-24(12-17)25(14-26(33-27)21-5-4-10-30-15-21)29(36)32-22-8-6-20(7-9-22)28(35)31-16-23-13-19(3)34-37-23/h4-15H,16H2,1-3H3,(H,31,35)(H,32,36). The van der Waals surface area contributed by atoms with Gasteiger partial charge in [0.15, 0.2) is 5.76 Å². The number of aromatic nitrogens is 3. The molecule has 0 unspecified atom stereocenters. The van der Waals surface area contributed by atoms with Crippen molar-refractivity contribution >= 4 is 28.4 Å². The minimum Gasteiger partial charge on any atom is -0.359 e. The van der Waals surface area contributed by atoms with Crippen molar-refractivity contribution < 1.29 is 14.1 Å². The first kappa shape index (κ1) is 23.9. The molecule has 0 atom stereocenters. The highest BCUT2D eigenvalue weighted by Crippen LogP contribution is 2.28. The molecule has 0 bridgehead atoms. The highest BCUT2D eigenvalue weighted by atomic mass is 16.5. The number of rotatable bonds is 6. The van der Waals surface area contributed by atoms with Crippen molar-refractivity contribution in [1.82, 2.24) is 20.4 Å². The van der Waals surface area contributed by atoms with Crippen LogP contribution in [0.4, 0.5) is 5.69 Å². The molecule has 0 aliphatic heterocycles. The summed E-state index contributed by atoms with van der Waals surface area (Å²) in [7, 11) is 0. The van der Waals surface area contributed by atoms with Crippen LogP contribution in [0.1, 0.15) is 43.3 Å². The summed E-state index contributed by atoms with van der Waals surface area (Å²) in [4.78, 5) is 35.0. The number of hydrogen-bond acceptors (Lipinski definition) is 6. The lowest BCUT2D eigenvalue weighted by Crippen LogP contribution is -2.22. The summed E-state index contributed by atoms with van der Waals surface area (Å²) >= 11 is 0. The fourth-order valence-corrected chi connectivity index (χ4v) is 4.20. The van der Waals surface area contributed by atoms with Crippen LogP contribution in [0.5, 0.6) is 0 Å². The zero-order valence-corrected chi connectivity index (χ0v) is 20.7. The van der Waals surface area contributed by atoms with Crippen LogP contribution in [0.3, 0.4) is 0 Å². The monoisotopic (exact) mass is 491 g/mol. The fraction of sp³-hybridized carbons (Fsp3) is 0.138. The van der Waals surface area contributed by atoms with E-state index in [1.165, 1.54) is 0 Å². The van der Waals surface area contributed by atoms with Gasteiger partial charge in [-0.25, -0.2) is 4.98 Å². The maximum atomic E-state index is 13.5. The van der Waals surface area contributed by atoms with Gasteiger partial charge >= 0.3 is 0 Å². The highest BCUT2D eigenvalue weighted by Gasteiger charge is 2.17. The molecule has 0 saturated heterocycles. The zero-order valence-electron chi connectivity index (χ0n) is 20.7. The fourth-order valence-electron chi connectivity index (χ4n) is 4.20. The van der Waals surface area contributed by atoms with Crippen LogP contribution in [-0.2, 0) is 6.54 Å². The van der Waals surface area contributed by atoms with E-state index in [-0.39, 0.29) is 18.4 Å². The van der Waals surface area contributed by atoms with Crippen LogP contribution < -0.4 is 10.6 Å². The molecule has 0 radical (unpaired) electrons. The van der Waals surface area contributed by atoms with Gasteiger partial charge in [-0.05, 0) is 74.9 Å². The third kappa shape index (κ3) is 5.23. The number of carbonyl (C=O) groups is 2. The Morgan fingerprint density at radius 2 is 1.76 bits per heavy atom. The molecule has 0 fully saturated rings. The molecule has 3 aromatic heterocycles. The van der Waals surface area contributed by atoms with Gasteiger partial charge in [0.05, 0.1) is 29.0 Å². The van der Waals surface area contributed by atoms with Crippen molar-refractivity contribution in [3.05, 3.63) is 107 Å². The number of benzene rings is 2. The average molecular weight is 492 g/mol. The minimum atomic E-state index is -0.263. The van der Waals surface area contributed by atoms with Gasteiger partial charge in [-0.1, -0.05) is 16.8 Å². The quantitative estimate of drug-likeness (QED) is 0.329.